The van der Waals surface area contributed by atoms with Gasteiger partial charge in [0.05, 0.1) is 4.47 Å². The summed E-state index contributed by atoms with van der Waals surface area (Å²) in [6.45, 7) is 6.73. The molecule has 0 heterocycles. The number of ether oxygens (including phenoxy) is 1. The lowest BCUT2D eigenvalue weighted by Gasteiger charge is -2.30. The first-order valence-electron chi connectivity index (χ1n) is 11.4. The van der Waals surface area contributed by atoms with Crippen LogP contribution in [0.3, 0.4) is 0 Å². The summed E-state index contributed by atoms with van der Waals surface area (Å²) in [7, 11) is 0. The van der Waals surface area contributed by atoms with Gasteiger partial charge in [0.1, 0.15) is 11.8 Å². The van der Waals surface area contributed by atoms with E-state index in [4.69, 9.17) is 4.74 Å². The van der Waals surface area contributed by atoms with Gasteiger partial charge in [0.25, 0.3) is 5.91 Å². The average Bonchev–Trinajstić information content (AvgIpc) is 2.83. The monoisotopic (exact) mass is 510 g/mol. The van der Waals surface area contributed by atoms with Crippen LogP contribution in [0.2, 0.25) is 0 Å². The maximum Gasteiger partial charge on any atom is 0.261 e. The van der Waals surface area contributed by atoms with Crippen LogP contribution in [0.4, 0.5) is 0 Å². The second-order valence-electron chi connectivity index (χ2n) is 8.11. The van der Waals surface area contributed by atoms with Crippen LogP contribution >= 0.6 is 15.9 Å². The molecule has 2 amide bonds. The highest BCUT2D eigenvalue weighted by molar-refractivity contribution is 9.10. The number of amides is 2. The minimum atomic E-state index is -0.561. The molecule has 6 heteroatoms. The molecule has 0 spiro atoms. The Morgan fingerprint density at radius 3 is 2.45 bits per heavy atom. The van der Waals surface area contributed by atoms with Gasteiger partial charge in [-0.05, 0) is 58.1 Å². The molecule has 0 aliphatic rings. The minimum absolute atomic E-state index is 0.133. The van der Waals surface area contributed by atoms with Crippen molar-refractivity contribution < 1.29 is 14.3 Å². The van der Waals surface area contributed by atoms with Crippen LogP contribution in [0.25, 0.3) is 10.8 Å². The molecule has 1 N–H and O–H groups in total. The summed E-state index contributed by atoms with van der Waals surface area (Å²) < 4.78 is 6.74. The molecule has 1 atom stereocenters. The summed E-state index contributed by atoms with van der Waals surface area (Å²) >= 11 is 3.61. The summed E-state index contributed by atoms with van der Waals surface area (Å²) in [5, 5.41) is 5.04. The van der Waals surface area contributed by atoms with Crippen LogP contribution in [0, 0.1) is 6.92 Å². The third-order valence-electron chi connectivity index (χ3n) is 5.59. The molecule has 174 valence electrons. The number of carbonyl (C=O) groups is 2. The van der Waals surface area contributed by atoms with Crippen LogP contribution in [0.5, 0.6) is 5.75 Å². The maximum absolute atomic E-state index is 13.3. The Bertz CT molecular complexity index is 1100. The predicted molar refractivity (Wildman–Crippen MR) is 136 cm³/mol. The smallest absolute Gasteiger partial charge is 0.261 e. The number of hydrogen-bond acceptors (Lipinski definition) is 3. The number of benzene rings is 3. The van der Waals surface area contributed by atoms with Crippen molar-refractivity contribution in [3.05, 3.63) is 76.3 Å². The third kappa shape index (κ3) is 6.35. The summed E-state index contributed by atoms with van der Waals surface area (Å²) in [6, 6.07) is 19.3. The van der Waals surface area contributed by atoms with E-state index < -0.39 is 6.04 Å². The van der Waals surface area contributed by atoms with E-state index in [1.54, 1.807) is 4.90 Å². The Labute approximate surface area is 204 Å². The zero-order chi connectivity index (χ0) is 23.8. The van der Waals surface area contributed by atoms with E-state index in [1.807, 2.05) is 81.4 Å². The van der Waals surface area contributed by atoms with Gasteiger partial charge in [0.15, 0.2) is 6.61 Å². The molecule has 33 heavy (non-hydrogen) atoms. The minimum Gasteiger partial charge on any atom is -0.483 e. The molecular weight excluding hydrogens is 480 g/mol. The molecule has 0 bridgehead atoms. The summed E-state index contributed by atoms with van der Waals surface area (Å²) in [5.74, 6) is 0.238. The molecule has 0 saturated carbocycles. The highest BCUT2D eigenvalue weighted by Gasteiger charge is 2.29. The van der Waals surface area contributed by atoms with E-state index in [9.17, 15) is 9.59 Å². The van der Waals surface area contributed by atoms with E-state index in [1.165, 1.54) is 0 Å². The van der Waals surface area contributed by atoms with Gasteiger partial charge in [0, 0.05) is 13.1 Å². The Hall–Kier alpha value is -2.86. The SMILES string of the molecule is CCCNC(=O)[C@H](CC)N(Cc1ccc(C)cc1)C(=O)COc1ccc2ccccc2c1Br. The largest absolute Gasteiger partial charge is 0.483 e. The standard InChI is InChI=1S/C27H31BrN2O3/c1-4-16-29-27(32)23(5-2)30(17-20-12-10-19(3)11-13-20)25(31)18-33-24-15-14-21-8-6-7-9-22(21)26(24)28/h6-15,23H,4-5,16-18H2,1-3H3,(H,29,32)/t23-/m0/s1. The van der Waals surface area contributed by atoms with Gasteiger partial charge in [-0.3, -0.25) is 9.59 Å². The molecular formula is C27H31BrN2O3. The zero-order valence-electron chi connectivity index (χ0n) is 19.4. The topological polar surface area (TPSA) is 58.6 Å². The molecule has 0 aliphatic heterocycles. The fraction of sp³-hybridized carbons (Fsp3) is 0.333. The Balaban J connectivity index is 1.81. The van der Waals surface area contributed by atoms with Crippen molar-refractivity contribution in [1.82, 2.24) is 10.2 Å². The van der Waals surface area contributed by atoms with Crippen LogP contribution in [-0.2, 0) is 16.1 Å². The first-order chi connectivity index (χ1) is 15.9. The van der Waals surface area contributed by atoms with E-state index in [2.05, 4.69) is 21.2 Å². The molecule has 0 aliphatic carbocycles. The molecule has 3 rings (SSSR count). The molecule has 3 aromatic rings. The second-order valence-corrected chi connectivity index (χ2v) is 8.90. The first-order valence-corrected chi connectivity index (χ1v) is 12.2. The van der Waals surface area contributed by atoms with E-state index >= 15 is 0 Å². The average molecular weight is 511 g/mol. The van der Waals surface area contributed by atoms with Crippen molar-refractivity contribution >= 4 is 38.5 Å². The maximum atomic E-state index is 13.3. The highest BCUT2D eigenvalue weighted by atomic mass is 79.9. The van der Waals surface area contributed by atoms with Gasteiger partial charge in [-0.1, -0.05) is 74.0 Å². The first kappa shape index (κ1) is 24.8. The van der Waals surface area contributed by atoms with Crippen LogP contribution in [0.1, 0.15) is 37.8 Å². The molecule has 0 unspecified atom stereocenters. The van der Waals surface area contributed by atoms with Crippen LogP contribution < -0.4 is 10.1 Å². The molecule has 0 saturated heterocycles. The molecule has 0 radical (unpaired) electrons. The van der Waals surface area contributed by atoms with E-state index in [-0.39, 0.29) is 18.4 Å². The molecule has 0 fully saturated rings. The number of halogens is 1. The lowest BCUT2D eigenvalue weighted by Crippen LogP contribution is -2.50. The van der Waals surface area contributed by atoms with Gasteiger partial charge in [-0.2, -0.15) is 0 Å². The zero-order valence-corrected chi connectivity index (χ0v) is 21.0. The number of rotatable bonds is 10. The van der Waals surface area contributed by atoms with Crippen molar-refractivity contribution in [1.29, 1.82) is 0 Å². The second kappa shape index (κ2) is 11.8. The summed E-state index contributed by atoms with van der Waals surface area (Å²) in [4.78, 5) is 27.8. The number of hydrogen-bond donors (Lipinski definition) is 1. The van der Waals surface area contributed by atoms with Gasteiger partial charge in [-0.15, -0.1) is 0 Å². The number of fused-ring (bicyclic) bond motifs is 1. The van der Waals surface area contributed by atoms with E-state index in [0.717, 1.165) is 32.8 Å². The Morgan fingerprint density at radius 1 is 1.03 bits per heavy atom. The number of nitrogens with one attached hydrogen (secondary N) is 1. The summed E-state index contributed by atoms with van der Waals surface area (Å²) in [5.41, 5.74) is 2.12. The lowest BCUT2D eigenvalue weighted by molar-refractivity contribution is -0.143. The fourth-order valence-corrected chi connectivity index (χ4v) is 4.33. The lowest BCUT2D eigenvalue weighted by atomic mass is 10.1. The van der Waals surface area contributed by atoms with Gasteiger partial charge in [-0.25, -0.2) is 0 Å². The highest BCUT2D eigenvalue weighted by Crippen LogP contribution is 2.33. The van der Waals surface area contributed by atoms with Crippen LogP contribution in [-0.4, -0.2) is 35.9 Å². The van der Waals surface area contributed by atoms with Crippen molar-refractivity contribution in [2.75, 3.05) is 13.2 Å². The predicted octanol–water partition coefficient (Wildman–Crippen LogP) is 5.62. The van der Waals surface area contributed by atoms with Crippen molar-refractivity contribution in [3.8, 4) is 5.75 Å². The normalized spacial score (nSPS) is 11.8. The molecule has 5 nitrogen and oxygen atoms in total. The Morgan fingerprint density at radius 2 is 1.76 bits per heavy atom. The quantitative estimate of drug-likeness (QED) is 0.384. The van der Waals surface area contributed by atoms with Crippen molar-refractivity contribution in [2.45, 2.75) is 46.2 Å². The van der Waals surface area contributed by atoms with Crippen LogP contribution in [0.15, 0.2) is 65.1 Å². The van der Waals surface area contributed by atoms with Crippen molar-refractivity contribution in [3.63, 3.8) is 0 Å². The van der Waals surface area contributed by atoms with Gasteiger partial charge < -0.3 is 15.0 Å². The van der Waals surface area contributed by atoms with Gasteiger partial charge >= 0.3 is 0 Å². The fourth-order valence-electron chi connectivity index (χ4n) is 3.72. The molecule has 3 aromatic carbocycles. The van der Waals surface area contributed by atoms with Gasteiger partial charge in [0.2, 0.25) is 5.91 Å². The van der Waals surface area contributed by atoms with Crippen molar-refractivity contribution in [2.24, 2.45) is 0 Å². The Kier molecular flexibility index (Phi) is 8.89. The number of aryl methyl sites for hydroxylation is 1. The molecule has 0 aromatic heterocycles. The van der Waals surface area contributed by atoms with E-state index in [0.29, 0.717) is 25.3 Å². The number of carbonyl (C=O) groups excluding carboxylic acids is 2. The summed E-state index contributed by atoms with van der Waals surface area (Å²) in [6.07, 6.45) is 1.36. The number of nitrogens with zero attached hydrogens (tertiary/aromatic N) is 1. The third-order valence-corrected chi connectivity index (χ3v) is 6.41.